The number of likely N-dealkylation sites (N-methyl/N-ethyl adjacent to an activating group) is 1. The molecule has 4 heterocycles. The number of aromatic nitrogens is 4. The Kier molecular flexibility index (Phi) is 3.67. The van der Waals surface area contributed by atoms with Crippen molar-refractivity contribution in [2.45, 2.75) is 18.9 Å². The molecule has 6 nitrogen and oxygen atoms in total. The molecular formula is C17H20N6. The largest absolute Gasteiger partial charge is 0.369 e. The third-order valence-electron chi connectivity index (χ3n) is 4.62. The van der Waals surface area contributed by atoms with Gasteiger partial charge in [-0.15, -0.1) is 0 Å². The molecule has 3 aromatic heterocycles. The van der Waals surface area contributed by atoms with Gasteiger partial charge >= 0.3 is 0 Å². The number of nitrogens with zero attached hydrogens (tertiary/aromatic N) is 4. The molecular weight excluding hydrogens is 288 g/mol. The number of piperidine rings is 1. The molecule has 1 atom stereocenters. The zero-order valence-electron chi connectivity index (χ0n) is 13.2. The number of nitrogens with one attached hydrogen (secondary N) is 2. The fourth-order valence-electron chi connectivity index (χ4n) is 3.41. The number of pyridine rings is 1. The molecule has 118 valence electrons. The first-order chi connectivity index (χ1) is 11.4. The molecule has 0 aliphatic carbocycles. The molecule has 4 rings (SSSR count). The van der Waals surface area contributed by atoms with Crippen LogP contribution in [0.4, 0.5) is 5.69 Å². The van der Waals surface area contributed by atoms with E-state index < -0.39 is 0 Å². The second-order valence-electron chi connectivity index (χ2n) is 5.96. The molecule has 23 heavy (non-hydrogen) atoms. The van der Waals surface area contributed by atoms with Crippen molar-refractivity contribution in [2.24, 2.45) is 0 Å². The number of fused-ring (bicyclic) bond motifs is 1. The van der Waals surface area contributed by atoms with Crippen molar-refractivity contribution in [3.63, 3.8) is 0 Å². The van der Waals surface area contributed by atoms with E-state index in [9.17, 15) is 0 Å². The minimum Gasteiger partial charge on any atom is -0.369 e. The Labute approximate surface area is 135 Å². The van der Waals surface area contributed by atoms with Crippen LogP contribution in [0.2, 0.25) is 0 Å². The van der Waals surface area contributed by atoms with Crippen molar-refractivity contribution in [1.29, 1.82) is 0 Å². The van der Waals surface area contributed by atoms with E-state index in [-0.39, 0.29) is 0 Å². The van der Waals surface area contributed by atoms with Crippen molar-refractivity contribution in [1.82, 2.24) is 25.5 Å². The van der Waals surface area contributed by atoms with Crippen LogP contribution in [0, 0.1) is 0 Å². The van der Waals surface area contributed by atoms with Crippen LogP contribution in [-0.2, 0) is 0 Å². The van der Waals surface area contributed by atoms with Gasteiger partial charge in [0.05, 0.1) is 12.4 Å². The Morgan fingerprint density at radius 3 is 3.04 bits per heavy atom. The predicted octanol–water partition coefficient (Wildman–Crippen LogP) is 2.21. The molecule has 1 fully saturated rings. The molecule has 1 saturated heterocycles. The zero-order chi connectivity index (χ0) is 15.6. The molecule has 0 bridgehead atoms. The maximum atomic E-state index is 4.49. The summed E-state index contributed by atoms with van der Waals surface area (Å²) in [6.45, 7) is 2.10. The Bertz CT molecular complexity index is 797. The fourth-order valence-corrected chi connectivity index (χ4v) is 3.41. The Balaban J connectivity index is 1.82. The minimum absolute atomic E-state index is 0.539. The van der Waals surface area contributed by atoms with E-state index in [1.165, 1.54) is 18.5 Å². The highest BCUT2D eigenvalue weighted by atomic mass is 15.2. The predicted molar refractivity (Wildman–Crippen MR) is 91.4 cm³/mol. The van der Waals surface area contributed by atoms with Crippen LogP contribution in [0.15, 0.2) is 36.9 Å². The summed E-state index contributed by atoms with van der Waals surface area (Å²) in [5.74, 6) is 0. The van der Waals surface area contributed by atoms with Crippen LogP contribution in [0.1, 0.15) is 12.8 Å². The highest BCUT2D eigenvalue weighted by Crippen LogP contribution is 2.35. The van der Waals surface area contributed by atoms with Crippen molar-refractivity contribution >= 4 is 16.7 Å². The molecule has 0 unspecified atom stereocenters. The second kappa shape index (κ2) is 5.96. The van der Waals surface area contributed by atoms with E-state index in [4.69, 9.17) is 0 Å². The second-order valence-corrected chi connectivity index (χ2v) is 5.96. The smallest absolute Gasteiger partial charge is 0.139 e. The lowest BCUT2D eigenvalue weighted by atomic mass is 10.0. The third-order valence-corrected chi connectivity index (χ3v) is 4.62. The van der Waals surface area contributed by atoms with Gasteiger partial charge in [0.1, 0.15) is 5.65 Å². The first-order valence-corrected chi connectivity index (χ1v) is 8.02. The lowest BCUT2D eigenvalue weighted by Crippen LogP contribution is -2.44. The van der Waals surface area contributed by atoms with E-state index in [2.05, 4.69) is 36.4 Å². The summed E-state index contributed by atoms with van der Waals surface area (Å²) >= 11 is 0. The molecule has 1 aliphatic rings. The van der Waals surface area contributed by atoms with Gasteiger partial charge in [0.15, 0.2) is 0 Å². The molecule has 0 saturated carbocycles. The van der Waals surface area contributed by atoms with Gasteiger partial charge in [0.25, 0.3) is 0 Å². The monoisotopic (exact) mass is 308 g/mol. The zero-order valence-corrected chi connectivity index (χ0v) is 13.2. The lowest BCUT2D eigenvalue weighted by molar-refractivity contribution is 0.450. The standard InChI is InChI=1S/C17H20N6/c1-18-13-3-2-8-23(11-13)15-5-6-19-17-16(15)14(10-20-17)12-4-7-21-22-9-12/h4-7,9-10,13,18H,2-3,8,11H2,1H3,(H,19,20)/t13-/m0/s1. The van der Waals surface area contributed by atoms with Gasteiger partial charge in [0.2, 0.25) is 0 Å². The highest BCUT2D eigenvalue weighted by Gasteiger charge is 2.22. The van der Waals surface area contributed by atoms with Gasteiger partial charge in [-0.3, -0.25) is 0 Å². The van der Waals surface area contributed by atoms with Gasteiger partial charge in [-0.25, -0.2) is 4.98 Å². The summed E-state index contributed by atoms with van der Waals surface area (Å²) in [5, 5.41) is 12.5. The van der Waals surface area contributed by atoms with Gasteiger partial charge in [-0.1, -0.05) is 0 Å². The summed E-state index contributed by atoms with van der Waals surface area (Å²) in [7, 11) is 2.04. The molecule has 0 amide bonds. The van der Waals surface area contributed by atoms with Crippen LogP contribution in [0.5, 0.6) is 0 Å². The van der Waals surface area contributed by atoms with E-state index in [0.717, 1.165) is 35.2 Å². The van der Waals surface area contributed by atoms with E-state index in [1.54, 1.807) is 12.4 Å². The van der Waals surface area contributed by atoms with Gasteiger partial charge in [-0.2, -0.15) is 10.2 Å². The van der Waals surface area contributed by atoms with Crippen LogP contribution >= 0.6 is 0 Å². The van der Waals surface area contributed by atoms with Crippen LogP contribution in [-0.4, -0.2) is 46.3 Å². The van der Waals surface area contributed by atoms with Gasteiger partial charge < -0.3 is 15.2 Å². The summed E-state index contributed by atoms with van der Waals surface area (Å²) in [6.07, 6.45) is 9.85. The average Bonchev–Trinajstić information content (AvgIpc) is 3.06. The topological polar surface area (TPSA) is 69.7 Å². The van der Waals surface area contributed by atoms with Crippen LogP contribution < -0.4 is 10.2 Å². The molecule has 0 spiro atoms. The fraction of sp³-hybridized carbons (Fsp3) is 0.353. The molecule has 6 heteroatoms. The third kappa shape index (κ3) is 2.55. The van der Waals surface area contributed by atoms with Gasteiger partial charge in [-0.05, 0) is 32.0 Å². The van der Waals surface area contributed by atoms with Crippen molar-refractivity contribution in [2.75, 3.05) is 25.0 Å². The molecule has 1 aliphatic heterocycles. The van der Waals surface area contributed by atoms with Crippen molar-refractivity contribution in [3.05, 3.63) is 36.9 Å². The first-order valence-electron chi connectivity index (χ1n) is 8.02. The number of anilines is 1. The van der Waals surface area contributed by atoms with E-state index in [0.29, 0.717) is 6.04 Å². The average molecular weight is 308 g/mol. The summed E-state index contributed by atoms with van der Waals surface area (Å²) in [6, 6.07) is 4.64. The number of aromatic amines is 1. The first kappa shape index (κ1) is 14.1. The van der Waals surface area contributed by atoms with Crippen LogP contribution in [0.3, 0.4) is 0 Å². The lowest BCUT2D eigenvalue weighted by Gasteiger charge is -2.34. The maximum absolute atomic E-state index is 4.49. The van der Waals surface area contributed by atoms with Crippen molar-refractivity contribution < 1.29 is 0 Å². The highest BCUT2D eigenvalue weighted by molar-refractivity contribution is 6.02. The van der Waals surface area contributed by atoms with Gasteiger partial charge in [0, 0.05) is 53.7 Å². The molecule has 2 N–H and O–H groups in total. The van der Waals surface area contributed by atoms with Crippen LogP contribution in [0.25, 0.3) is 22.2 Å². The normalized spacial score (nSPS) is 18.5. The Morgan fingerprint density at radius 1 is 1.26 bits per heavy atom. The number of hydrogen-bond acceptors (Lipinski definition) is 5. The summed E-state index contributed by atoms with van der Waals surface area (Å²) in [4.78, 5) is 10.2. The minimum atomic E-state index is 0.539. The molecule has 0 aromatic carbocycles. The summed E-state index contributed by atoms with van der Waals surface area (Å²) < 4.78 is 0. The quantitative estimate of drug-likeness (QED) is 0.776. The maximum Gasteiger partial charge on any atom is 0.139 e. The Hall–Kier alpha value is -2.47. The summed E-state index contributed by atoms with van der Waals surface area (Å²) in [5.41, 5.74) is 4.34. The number of rotatable bonds is 3. The van der Waals surface area contributed by atoms with Crippen molar-refractivity contribution in [3.8, 4) is 11.1 Å². The Morgan fingerprint density at radius 2 is 2.22 bits per heavy atom. The van der Waals surface area contributed by atoms with E-state index in [1.807, 2.05) is 25.5 Å². The number of H-pyrrole nitrogens is 1. The number of hydrogen-bond donors (Lipinski definition) is 2. The molecule has 0 radical (unpaired) electrons. The van der Waals surface area contributed by atoms with E-state index >= 15 is 0 Å². The molecule has 3 aromatic rings. The SMILES string of the molecule is CN[C@H]1CCCN(c2ccnc3[nH]cc(-c4ccnnc4)c23)C1.